The smallest absolute Gasteiger partial charge is 0.348 e. The molecule has 2 aromatic carbocycles. The Hall–Kier alpha value is -3.30. The van der Waals surface area contributed by atoms with Crippen LogP contribution in [0.4, 0.5) is 8.78 Å². The van der Waals surface area contributed by atoms with E-state index in [-0.39, 0.29) is 36.8 Å². The normalized spacial score (nSPS) is 38.6. The average Bonchev–Trinajstić information content (AvgIpc) is 3.24. The van der Waals surface area contributed by atoms with Gasteiger partial charge in [-0.3, -0.25) is 4.79 Å². The molecule has 6 rings (SSSR count). The maximum absolute atomic E-state index is 17.3. The first kappa shape index (κ1) is 28.8. The summed E-state index contributed by atoms with van der Waals surface area (Å²) in [7, 11) is 0. The first-order chi connectivity index (χ1) is 19.9. The molecule has 4 aliphatic carbocycles. The van der Waals surface area contributed by atoms with Crippen LogP contribution in [0, 0.1) is 22.7 Å². The molecule has 0 radical (unpaired) electrons. The summed E-state index contributed by atoms with van der Waals surface area (Å²) in [5.74, 6) is -4.40. The number of carbonyl (C=O) groups excluding carboxylic acids is 2. The minimum atomic E-state index is -2.34. The Morgan fingerprint density at radius 2 is 1.69 bits per heavy atom. The molecule has 3 fully saturated rings. The van der Waals surface area contributed by atoms with Crippen LogP contribution in [0.5, 0.6) is 0 Å². The van der Waals surface area contributed by atoms with Gasteiger partial charge in [0.2, 0.25) is 5.60 Å². The van der Waals surface area contributed by atoms with Gasteiger partial charge in [-0.1, -0.05) is 43.0 Å². The van der Waals surface area contributed by atoms with E-state index in [1.165, 1.54) is 30.8 Å². The molecule has 0 saturated heterocycles. The van der Waals surface area contributed by atoms with Crippen molar-refractivity contribution in [2.45, 2.75) is 72.9 Å². The minimum absolute atomic E-state index is 0.000741. The van der Waals surface area contributed by atoms with Crippen LogP contribution in [0.2, 0.25) is 0 Å². The van der Waals surface area contributed by atoms with Crippen molar-refractivity contribution in [1.29, 1.82) is 0 Å². The Labute approximate surface area is 246 Å². The summed E-state index contributed by atoms with van der Waals surface area (Å²) in [4.78, 5) is 40.3. The number of hydrogen-bond donors (Lipinski definition) is 2. The van der Waals surface area contributed by atoms with Crippen molar-refractivity contribution in [2.24, 2.45) is 22.7 Å². The number of alkyl halides is 2. The molecule has 0 aliphatic heterocycles. The van der Waals surface area contributed by atoms with Crippen LogP contribution < -0.4 is 0 Å². The number of aliphatic carboxylic acids is 1. The lowest BCUT2D eigenvalue weighted by Crippen LogP contribution is -2.70. The van der Waals surface area contributed by atoms with E-state index in [1.807, 2.05) is 30.3 Å². The Morgan fingerprint density at radius 1 is 1.02 bits per heavy atom. The lowest BCUT2D eigenvalue weighted by molar-refractivity contribution is -0.226. The first-order valence-electron chi connectivity index (χ1n) is 14.1. The number of aliphatic hydroxyl groups excluding tert-OH is 1. The molecule has 4 aliphatic rings. The summed E-state index contributed by atoms with van der Waals surface area (Å²) in [5.41, 5.74) is -7.17. The van der Waals surface area contributed by atoms with Crippen molar-refractivity contribution in [1.82, 2.24) is 0 Å². The van der Waals surface area contributed by atoms with Gasteiger partial charge >= 0.3 is 11.9 Å². The number of aliphatic hydroxyl groups is 1. The van der Waals surface area contributed by atoms with E-state index in [9.17, 15) is 24.6 Å². The molecule has 9 heteroatoms. The molecule has 42 heavy (non-hydrogen) atoms. The third-order valence-electron chi connectivity index (χ3n) is 10.4. The summed E-state index contributed by atoms with van der Waals surface area (Å²) in [5, 5.41) is 22.0. The largest absolute Gasteiger partial charge is 0.478 e. The van der Waals surface area contributed by atoms with E-state index in [4.69, 9.17) is 4.74 Å². The van der Waals surface area contributed by atoms with Gasteiger partial charge in [0.25, 0.3) is 0 Å². The van der Waals surface area contributed by atoms with Crippen LogP contribution in [0.1, 0.15) is 49.9 Å². The number of allylic oxidation sites excluding steroid dienone is 4. The van der Waals surface area contributed by atoms with E-state index in [2.05, 4.69) is 0 Å². The molecular formula is C33H32F2O6S. The zero-order chi connectivity index (χ0) is 30.1. The summed E-state index contributed by atoms with van der Waals surface area (Å²) in [6.07, 6.45) is -0.202. The number of hydrogen-bond acceptors (Lipinski definition) is 6. The number of carboxylic acid groups (broad SMARTS) is 1. The van der Waals surface area contributed by atoms with E-state index < -0.39 is 63.9 Å². The zero-order valence-electron chi connectivity index (χ0n) is 23.3. The first-order valence-corrected chi connectivity index (χ1v) is 14.9. The van der Waals surface area contributed by atoms with Gasteiger partial charge in [0.1, 0.15) is 6.17 Å². The summed E-state index contributed by atoms with van der Waals surface area (Å²) in [6.45, 7) is 3.10. The molecule has 2 aromatic rings. The summed E-state index contributed by atoms with van der Waals surface area (Å²) < 4.78 is 38.8. The highest BCUT2D eigenvalue weighted by Crippen LogP contribution is 2.70. The topological polar surface area (TPSA) is 101 Å². The molecule has 0 bridgehead atoms. The van der Waals surface area contributed by atoms with Crippen LogP contribution >= 0.6 is 11.8 Å². The highest BCUT2D eigenvalue weighted by molar-refractivity contribution is 7.99. The SMILES string of the molecule is C[C@]12C=CC(=O)C=C1[C@@H](F)C[C@H]1[C@@H]3CC[C@](OC(=O)c4ccc(Sc5ccccc5)cc4)(C(=O)O)[C@@]3(C)C[C@H](O)[C@@]12F. The van der Waals surface area contributed by atoms with Crippen LogP contribution in [-0.4, -0.2) is 51.5 Å². The molecule has 0 heterocycles. The average molecular weight is 595 g/mol. The summed E-state index contributed by atoms with van der Waals surface area (Å²) >= 11 is 1.51. The number of ether oxygens (including phenoxy) is 1. The third-order valence-corrected chi connectivity index (χ3v) is 11.4. The van der Waals surface area contributed by atoms with Crippen LogP contribution in [0.15, 0.2) is 88.2 Å². The number of carbonyl (C=O) groups is 3. The lowest BCUT2D eigenvalue weighted by atomic mass is 9.44. The Morgan fingerprint density at radius 3 is 2.36 bits per heavy atom. The number of fused-ring (bicyclic) bond motifs is 5. The third kappa shape index (κ3) is 3.96. The Bertz CT molecular complexity index is 1510. The van der Waals surface area contributed by atoms with Crippen LogP contribution in [0.25, 0.3) is 0 Å². The molecule has 220 valence electrons. The highest BCUT2D eigenvalue weighted by atomic mass is 32.2. The van der Waals surface area contributed by atoms with Crippen LogP contribution in [0.3, 0.4) is 0 Å². The fourth-order valence-corrected chi connectivity index (χ4v) is 9.09. The maximum Gasteiger partial charge on any atom is 0.348 e. The molecule has 0 spiro atoms. The van der Waals surface area contributed by atoms with Gasteiger partial charge in [-0.15, -0.1) is 0 Å². The van der Waals surface area contributed by atoms with E-state index in [1.54, 1.807) is 31.2 Å². The monoisotopic (exact) mass is 594 g/mol. The second kappa shape index (κ2) is 9.88. The molecule has 2 N–H and O–H groups in total. The van der Waals surface area contributed by atoms with Gasteiger partial charge in [0, 0.05) is 26.5 Å². The molecule has 6 nitrogen and oxygen atoms in total. The molecular weight excluding hydrogens is 562 g/mol. The fourth-order valence-electron chi connectivity index (χ4n) is 8.26. The van der Waals surface area contributed by atoms with Crippen molar-refractivity contribution in [3.05, 3.63) is 84.0 Å². The maximum atomic E-state index is 17.3. The van der Waals surface area contributed by atoms with Gasteiger partial charge in [-0.25, -0.2) is 18.4 Å². The van der Waals surface area contributed by atoms with Gasteiger partial charge in [-0.2, -0.15) is 0 Å². The zero-order valence-corrected chi connectivity index (χ0v) is 24.1. The lowest BCUT2D eigenvalue weighted by Gasteiger charge is -2.62. The van der Waals surface area contributed by atoms with E-state index in [0.29, 0.717) is 0 Å². The van der Waals surface area contributed by atoms with Gasteiger partial charge < -0.3 is 14.9 Å². The minimum Gasteiger partial charge on any atom is -0.478 e. The number of esters is 1. The number of benzene rings is 2. The van der Waals surface area contributed by atoms with Crippen molar-refractivity contribution >= 4 is 29.5 Å². The van der Waals surface area contributed by atoms with Gasteiger partial charge in [0.05, 0.1) is 11.7 Å². The number of halogens is 2. The quantitative estimate of drug-likeness (QED) is 0.401. The molecule has 3 saturated carbocycles. The van der Waals surface area contributed by atoms with E-state index in [0.717, 1.165) is 15.9 Å². The second-order valence-corrected chi connectivity index (χ2v) is 13.5. The molecule has 0 amide bonds. The Kier molecular flexibility index (Phi) is 6.77. The van der Waals surface area contributed by atoms with Crippen molar-refractivity contribution in [2.75, 3.05) is 0 Å². The van der Waals surface area contributed by atoms with Crippen molar-refractivity contribution in [3.8, 4) is 0 Å². The van der Waals surface area contributed by atoms with Gasteiger partial charge in [0.15, 0.2) is 11.5 Å². The predicted octanol–water partition coefficient (Wildman–Crippen LogP) is 6.14. The number of rotatable bonds is 5. The van der Waals surface area contributed by atoms with Crippen molar-refractivity contribution in [3.63, 3.8) is 0 Å². The Balaban J connectivity index is 1.30. The molecule has 8 atom stereocenters. The predicted molar refractivity (Wildman–Crippen MR) is 151 cm³/mol. The van der Waals surface area contributed by atoms with E-state index >= 15 is 8.78 Å². The molecule has 0 aromatic heterocycles. The van der Waals surface area contributed by atoms with Crippen LogP contribution in [-0.2, 0) is 14.3 Å². The second-order valence-electron chi connectivity index (χ2n) is 12.4. The highest BCUT2D eigenvalue weighted by Gasteiger charge is 2.77. The molecule has 0 unspecified atom stereocenters. The fraction of sp³-hybridized carbons (Fsp3) is 0.424. The standard InChI is InChI=1S/C33H32F2O6S/c1-30-14-12-20(36)16-25(30)26(34)17-24-23-13-15-32(29(39)40,31(23,2)18-27(37)33(24,30)35)41-28(38)19-8-10-22(11-9-19)42-21-6-4-3-5-7-21/h3-12,14,16,23-24,26-27,37H,13,15,17-18H2,1-2H3,(H,39,40)/t23-,24-,26-,27-,30-,31-,32-,33-/m0/s1. The summed E-state index contributed by atoms with van der Waals surface area (Å²) in [6, 6.07) is 16.3. The number of ketones is 1. The number of carboxylic acids is 1. The van der Waals surface area contributed by atoms with Gasteiger partial charge in [-0.05, 0) is 92.6 Å². The van der Waals surface area contributed by atoms with Crippen molar-refractivity contribution < 1.29 is 38.1 Å².